The molecule has 0 bridgehead atoms. The molecule has 0 unspecified atom stereocenters. The third-order valence-corrected chi connectivity index (χ3v) is 7.22. The smallest absolute Gasteiger partial charge is 0.341 e. The van der Waals surface area contributed by atoms with Crippen LogP contribution in [0.15, 0.2) is 65.2 Å². The predicted octanol–water partition coefficient (Wildman–Crippen LogP) is 5.77. The van der Waals surface area contributed by atoms with Crippen molar-refractivity contribution < 1.29 is 23.8 Å². The second kappa shape index (κ2) is 11.7. The first-order valence-corrected chi connectivity index (χ1v) is 13.6. The number of benzene rings is 2. The van der Waals surface area contributed by atoms with Crippen molar-refractivity contribution in [2.45, 2.75) is 59.1 Å². The molecular weight excluding hydrogens is 510 g/mol. The lowest BCUT2D eigenvalue weighted by Crippen LogP contribution is -2.43. The van der Waals surface area contributed by atoms with Crippen LogP contribution in [0, 0.1) is 11.8 Å². The fourth-order valence-corrected chi connectivity index (χ4v) is 4.98. The molecule has 0 radical (unpaired) electrons. The van der Waals surface area contributed by atoms with Gasteiger partial charge < -0.3 is 14.3 Å². The van der Waals surface area contributed by atoms with Crippen LogP contribution >= 0.6 is 0 Å². The number of amides is 1. The Morgan fingerprint density at radius 1 is 1.05 bits per heavy atom. The number of aromatic nitrogens is 4. The third kappa shape index (κ3) is 5.90. The van der Waals surface area contributed by atoms with Crippen LogP contribution in [0.5, 0.6) is 5.75 Å². The molecule has 0 spiro atoms. The van der Waals surface area contributed by atoms with E-state index in [4.69, 9.17) is 9.15 Å². The molecule has 1 N–H and O–H groups in total. The van der Waals surface area contributed by atoms with Gasteiger partial charge >= 0.3 is 5.97 Å². The summed E-state index contributed by atoms with van der Waals surface area (Å²) in [5, 5.41) is 22.7. The summed E-state index contributed by atoms with van der Waals surface area (Å²) in [4.78, 5) is 27.3. The first-order chi connectivity index (χ1) is 19.3. The number of carboxylic acid groups (broad SMARTS) is 1. The number of rotatable bonds is 9. The molecule has 1 fully saturated rings. The van der Waals surface area contributed by atoms with E-state index in [0.29, 0.717) is 34.7 Å². The summed E-state index contributed by atoms with van der Waals surface area (Å²) in [7, 11) is 0. The number of aromatic carboxylic acids is 1. The highest BCUT2D eigenvalue weighted by Crippen LogP contribution is 2.33. The Morgan fingerprint density at radius 3 is 2.40 bits per heavy atom. The molecule has 208 valence electrons. The number of nitrogens with zero attached hydrogens (tertiary/aromatic N) is 5. The van der Waals surface area contributed by atoms with E-state index in [1.54, 1.807) is 29.2 Å². The van der Waals surface area contributed by atoms with Crippen molar-refractivity contribution in [1.29, 1.82) is 0 Å². The monoisotopic (exact) mass is 543 g/mol. The van der Waals surface area contributed by atoms with Gasteiger partial charge in [-0.25, -0.2) is 9.48 Å². The molecule has 1 aliphatic carbocycles. The van der Waals surface area contributed by atoms with Crippen molar-refractivity contribution in [1.82, 2.24) is 20.0 Å². The number of para-hydroxylation sites is 1. The Morgan fingerprint density at radius 2 is 1.75 bits per heavy atom. The largest absolute Gasteiger partial charge is 0.484 e. The average molecular weight is 544 g/mol. The normalized spacial score (nSPS) is 17.1. The molecule has 1 amide bonds. The molecule has 0 aliphatic heterocycles. The van der Waals surface area contributed by atoms with Gasteiger partial charge in [0.1, 0.15) is 11.3 Å². The van der Waals surface area contributed by atoms with Crippen LogP contribution in [0.2, 0.25) is 0 Å². The highest BCUT2D eigenvalue weighted by molar-refractivity contribution is 6.01. The Kier molecular flexibility index (Phi) is 7.95. The van der Waals surface area contributed by atoms with Gasteiger partial charge in [-0.15, -0.1) is 15.3 Å². The lowest BCUT2D eigenvalue weighted by molar-refractivity contribution is -0.124. The van der Waals surface area contributed by atoms with Crippen LogP contribution < -0.4 is 9.64 Å². The lowest BCUT2D eigenvalue weighted by Gasteiger charge is -2.32. The number of carbonyl (C=O) groups excluding carboxylic acids is 1. The van der Waals surface area contributed by atoms with E-state index in [-0.39, 0.29) is 35.9 Å². The molecule has 10 nitrogen and oxygen atoms in total. The number of anilines is 1. The van der Waals surface area contributed by atoms with Crippen LogP contribution in [0.3, 0.4) is 0 Å². The molecule has 2 heterocycles. The predicted molar refractivity (Wildman–Crippen MR) is 148 cm³/mol. The quantitative estimate of drug-likeness (QED) is 0.282. The van der Waals surface area contributed by atoms with Crippen molar-refractivity contribution in [3.05, 3.63) is 72.2 Å². The number of ether oxygens (including phenoxy) is 1. The summed E-state index contributed by atoms with van der Waals surface area (Å²) in [6, 6.07) is 16.3. The minimum absolute atomic E-state index is 0.0183. The van der Waals surface area contributed by atoms with Crippen LogP contribution in [0.4, 0.5) is 5.82 Å². The number of hydrogen-bond acceptors (Lipinski definition) is 7. The Bertz CT molecular complexity index is 1450. The fourth-order valence-electron chi connectivity index (χ4n) is 4.98. The van der Waals surface area contributed by atoms with Gasteiger partial charge in [0.15, 0.2) is 12.4 Å². The third-order valence-electron chi connectivity index (χ3n) is 7.22. The molecule has 0 atom stereocenters. The van der Waals surface area contributed by atoms with Gasteiger partial charge in [-0.2, -0.15) is 0 Å². The summed E-state index contributed by atoms with van der Waals surface area (Å²) < 4.78 is 12.9. The highest BCUT2D eigenvalue weighted by Gasteiger charge is 2.34. The highest BCUT2D eigenvalue weighted by atomic mass is 16.5. The second-order valence-corrected chi connectivity index (χ2v) is 10.5. The topological polar surface area (TPSA) is 124 Å². The zero-order valence-corrected chi connectivity index (χ0v) is 22.9. The summed E-state index contributed by atoms with van der Waals surface area (Å²) in [6.45, 7) is 6.11. The molecule has 2 aromatic heterocycles. The first-order valence-electron chi connectivity index (χ1n) is 13.6. The standard InChI is InChI=1S/C30H33N5O5/c1-19(2)35(29(36)22-11-9-20(3)10-12-22)27-25(30(37)38)17-34(33-27)23-15-13-21(14-16-23)28-32-31-26(40-28)18-39-24-7-5-4-6-8-24/h4-8,13-17,19-20,22H,9-12,18H2,1-3H3,(H,37,38). The molecule has 10 heteroatoms. The molecule has 0 saturated heterocycles. The zero-order valence-electron chi connectivity index (χ0n) is 22.9. The van der Waals surface area contributed by atoms with E-state index in [2.05, 4.69) is 22.2 Å². The van der Waals surface area contributed by atoms with Crippen LogP contribution in [0.25, 0.3) is 17.1 Å². The summed E-state index contributed by atoms with van der Waals surface area (Å²) >= 11 is 0. The molecular formula is C30H33N5O5. The summed E-state index contributed by atoms with van der Waals surface area (Å²) in [5.41, 5.74) is 1.31. The van der Waals surface area contributed by atoms with Crippen molar-refractivity contribution in [3.8, 4) is 22.9 Å². The van der Waals surface area contributed by atoms with Crippen LogP contribution in [-0.4, -0.2) is 43.0 Å². The molecule has 1 saturated carbocycles. The maximum atomic E-state index is 13.5. The van der Waals surface area contributed by atoms with Gasteiger partial charge in [0.25, 0.3) is 5.89 Å². The average Bonchev–Trinajstić information content (AvgIpc) is 3.61. The van der Waals surface area contributed by atoms with E-state index < -0.39 is 5.97 Å². The van der Waals surface area contributed by atoms with Gasteiger partial charge in [0.2, 0.25) is 11.8 Å². The van der Waals surface area contributed by atoms with E-state index in [9.17, 15) is 14.7 Å². The molecule has 4 aromatic rings. The van der Waals surface area contributed by atoms with Crippen molar-refractivity contribution in [2.24, 2.45) is 11.8 Å². The fraction of sp³-hybridized carbons (Fsp3) is 0.367. The minimum Gasteiger partial charge on any atom is -0.484 e. The molecule has 2 aromatic carbocycles. The van der Waals surface area contributed by atoms with Crippen LogP contribution in [0.1, 0.15) is 62.7 Å². The second-order valence-electron chi connectivity index (χ2n) is 10.5. The number of carboxylic acids is 1. The number of hydrogen-bond donors (Lipinski definition) is 1. The van der Waals surface area contributed by atoms with Crippen molar-refractivity contribution in [2.75, 3.05) is 4.90 Å². The first kappa shape index (κ1) is 27.1. The molecule has 40 heavy (non-hydrogen) atoms. The van der Waals surface area contributed by atoms with Crippen molar-refractivity contribution in [3.63, 3.8) is 0 Å². The van der Waals surface area contributed by atoms with E-state index in [1.807, 2.05) is 44.2 Å². The van der Waals surface area contributed by atoms with Gasteiger partial charge in [-0.1, -0.05) is 25.1 Å². The van der Waals surface area contributed by atoms with Crippen LogP contribution in [-0.2, 0) is 11.4 Å². The number of carbonyl (C=O) groups is 2. The Labute approximate surface area is 232 Å². The maximum absolute atomic E-state index is 13.5. The SMILES string of the molecule is CC1CCC(C(=O)N(c2nn(-c3ccc(-c4nnc(COc5ccccc5)o4)cc3)cc2C(=O)O)C(C)C)CC1. The molecule has 1 aliphatic rings. The Balaban J connectivity index is 1.35. The summed E-state index contributed by atoms with van der Waals surface area (Å²) in [5.74, 6) is 0.836. The van der Waals surface area contributed by atoms with E-state index in [0.717, 1.165) is 25.7 Å². The zero-order chi connectivity index (χ0) is 28.2. The van der Waals surface area contributed by atoms with Gasteiger partial charge in [0, 0.05) is 23.7 Å². The van der Waals surface area contributed by atoms with E-state index in [1.165, 1.54) is 10.9 Å². The summed E-state index contributed by atoms with van der Waals surface area (Å²) in [6.07, 6.45) is 5.06. The maximum Gasteiger partial charge on any atom is 0.341 e. The van der Waals surface area contributed by atoms with Crippen molar-refractivity contribution >= 4 is 17.7 Å². The molecule has 5 rings (SSSR count). The minimum atomic E-state index is -1.13. The van der Waals surface area contributed by atoms with Gasteiger partial charge in [-0.3, -0.25) is 9.69 Å². The Hall–Kier alpha value is -4.47. The van der Waals surface area contributed by atoms with Gasteiger partial charge in [-0.05, 0) is 81.8 Å². The lowest BCUT2D eigenvalue weighted by atomic mass is 9.82. The van der Waals surface area contributed by atoms with E-state index >= 15 is 0 Å². The van der Waals surface area contributed by atoms with Gasteiger partial charge in [0.05, 0.1) is 5.69 Å².